The number of quaternary nitrogens is 1. The van der Waals surface area contributed by atoms with Crippen LogP contribution in [-0.4, -0.2) is 37.0 Å². The minimum atomic E-state index is -0.356. The average molecular weight is 347 g/mol. The third kappa shape index (κ3) is 5.06. The molecule has 0 spiro atoms. The SMILES string of the molecule is CC(C)[C@H]1CC[C@@H](C)C[C@H]1OC[C@H](O)C[NH+]1CCc2ccccc2C1. The summed E-state index contributed by atoms with van der Waals surface area (Å²) < 4.78 is 6.24. The second kappa shape index (κ2) is 8.66. The Morgan fingerprint density at radius 3 is 2.72 bits per heavy atom. The van der Waals surface area contributed by atoms with E-state index in [0.29, 0.717) is 24.5 Å². The summed E-state index contributed by atoms with van der Waals surface area (Å²) in [6.07, 6.45) is 4.84. The van der Waals surface area contributed by atoms with Crippen LogP contribution in [0.15, 0.2) is 24.3 Å². The predicted octanol–water partition coefficient (Wildman–Crippen LogP) is 2.47. The Kier molecular flexibility index (Phi) is 6.54. The van der Waals surface area contributed by atoms with Gasteiger partial charge in [0, 0.05) is 12.0 Å². The van der Waals surface area contributed by atoms with E-state index in [-0.39, 0.29) is 6.10 Å². The second-order valence-corrected chi connectivity index (χ2v) is 8.75. The zero-order valence-corrected chi connectivity index (χ0v) is 16.2. The van der Waals surface area contributed by atoms with Crippen LogP contribution < -0.4 is 4.90 Å². The third-order valence-electron chi connectivity index (χ3n) is 6.30. The van der Waals surface area contributed by atoms with Crippen LogP contribution in [0.4, 0.5) is 0 Å². The summed E-state index contributed by atoms with van der Waals surface area (Å²) in [5.41, 5.74) is 2.92. The third-order valence-corrected chi connectivity index (χ3v) is 6.30. The molecule has 1 aromatic rings. The first-order chi connectivity index (χ1) is 12.0. The van der Waals surface area contributed by atoms with Gasteiger partial charge in [-0.1, -0.05) is 51.5 Å². The maximum absolute atomic E-state index is 10.5. The first kappa shape index (κ1) is 18.9. The van der Waals surface area contributed by atoms with Crippen molar-refractivity contribution in [3.63, 3.8) is 0 Å². The number of nitrogens with one attached hydrogen (secondary N) is 1. The normalized spacial score (nSPS) is 30.9. The van der Waals surface area contributed by atoms with Crippen molar-refractivity contribution in [3.8, 4) is 0 Å². The van der Waals surface area contributed by atoms with Crippen molar-refractivity contribution >= 4 is 0 Å². The van der Waals surface area contributed by atoms with E-state index in [1.165, 1.54) is 28.9 Å². The summed E-state index contributed by atoms with van der Waals surface area (Å²) in [7, 11) is 0. The molecule has 1 heterocycles. The number of rotatable bonds is 6. The minimum Gasteiger partial charge on any atom is -0.385 e. The Balaban J connectivity index is 1.47. The van der Waals surface area contributed by atoms with Crippen molar-refractivity contribution in [1.82, 2.24) is 0 Å². The van der Waals surface area contributed by atoms with E-state index in [1.807, 2.05) is 0 Å². The van der Waals surface area contributed by atoms with Gasteiger partial charge in [0.05, 0.1) is 19.3 Å². The summed E-state index contributed by atoms with van der Waals surface area (Å²) in [5.74, 6) is 2.07. The molecule has 3 nitrogen and oxygen atoms in total. The lowest BCUT2D eigenvalue weighted by Crippen LogP contribution is -3.13. The van der Waals surface area contributed by atoms with Gasteiger partial charge in [-0.2, -0.15) is 0 Å². The molecule has 25 heavy (non-hydrogen) atoms. The van der Waals surface area contributed by atoms with E-state index in [9.17, 15) is 5.11 Å². The molecule has 0 aromatic heterocycles. The Labute approximate surface area is 153 Å². The Morgan fingerprint density at radius 2 is 1.96 bits per heavy atom. The minimum absolute atomic E-state index is 0.329. The van der Waals surface area contributed by atoms with Gasteiger partial charge in [-0.15, -0.1) is 0 Å². The molecule has 1 aromatic carbocycles. The van der Waals surface area contributed by atoms with Crippen LogP contribution >= 0.6 is 0 Å². The lowest BCUT2D eigenvalue weighted by atomic mass is 9.75. The van der Waals surface area contributed by atoms with Crippen LogP contribution in [-0.2, 0) is 17.7 Å². The Morgan fingerprint density at radius 1 is 1.20 bits per heavy atom. The molecule has 1 fully saturated rings. The average Bonchev–Trinajstić information content (AvgIpc) is 2.59. The number of hydrogen-bond donors (Lipinski definition) is 2. The molecule has 2 N–H and O–H groups in total. The summed E-state index contributed by atoms with van der Waals surface area (Å²) in [6, 6.07) is 8.72. The van der Waals surface area contributed by atoms with Gasteiger partial charge < -0.3 is 14.7 Å². The van der Waals surface area contributed by atoms with Crippen LogP contribution in [0.2, 0.25) is 0 Å². The van der Waals surface area contributed by atoms with Crippen LogP contribution in [0.3, 0.4) is 0 Å². The van der Waals surface area contributed by atoms with Gasteiger partial charge in [0.1, 0.15) is 19.2 Å². The Hall–Kier alpha value is -0.900. The van der Waals surface area contributed by atoms with E-state index >= 15 is 0 Å². The van der Waals surface area contributed by atoms with Crippen molar-refractivity contribution in [2.75, 3.05) is 19.7 Å². The molecule has 0 amide bonds. The zero-order valence-electron chi connectivity index (χ0n) is 16.2. The van der Waals surface area contributed by atoms with Crippen molar-refractivity contribution in [1.29, 1.82) is 0 Å². The van der Waals surface area contributed by atoms with Crippen molar-refractivity contribution < 1.29 is 14.7 Å². The topological polar surface area (TPSA) is 33.9 Å². The fourth-order valence-corrected chi connectivity index (χ4v) is 4.75. The fourth-order valence-electron chi connectivity index (χ4n) is 4.75. The molecule has 1 unspecified atom stereocenters. The van der Waals surface area contributed by atoms with Crippen molar-refractivity contribution in [3.05, 3.63) is 35.4 Å². The molecule has 3 rings (SSSR count). The highest BCUT2D eigenvalue weighted by molar-refractivity contribution is 5.27. The summed E-state index contributed by atoms with van der Waals surface area (Å²) in [6.45, 7) is 10.4. The molecule has 1 saturated carbocycles. The van der Waals surface area contributed by atoms with E-state index in [1.54, 1.807) is 0 Å². The maximum atomic E-state index is 10.5. The van der Waals surface area contributed by atoms with Gasteiger partial charge in [-0.25, -0.2) is 0 Å². The highest BCUT2D eigenvalue weighted by Crippen LogP contribution is 2.35. The van der Waals surface area contributed by atoms with Crippen molar-refractivity contribution in [2.24, 2.45) is 17.8 Å². The number of aliphatic hydroxyl groups excluding tert-OH is 1. The van der Waals surface area contributed by atoms with Crippen LogP contribution in [0.1, 0.15) is 51.2 Å². The molecule has 5 atom stereocenters. The summed E-state index contributed by atoms with van der Waals surface area (Å²) in [5, 5.41) is 10.5. The van der Waals surface area contributed by atoms with Crippen molar-refractivity contribution in [2.45, 2.75) is 65.2 Å². The van der Waals surface area contributed by atoms with E-state index < -0.39 is 0 Å². The lowest BCUT2D eigenvalue weighted by molar-refractivity contribution is -0.919. The fraction of sp³-hybridized carbons (Fsp3) is 0.727. The van der Waals surface area contributed by atoms with Gasteiger partial charge in [0.15, 0.2) is 0 Å². The van der Waals surface area contributed by atoms with E-state index in [2.05, 4.69) is 45.0 Å². The molecular weight excluding hydrogens is 310 g/mol. The molecule has 140 valence electrons. The summed E-state index contributed by atoms with van der Waals surface area (Å²) in [4.78, 5) is 1.48. The van der Waals surface area contributed by atoms with Gasteiger partial charge in [-0.3, -0.25) is 0 Å². The molecule has 0 radical (unpaired) electrons. The van der Waals surface area contributed by atoms with E-state index in [0.717, 1.165) is 38.4 Å². The number of ether oxygens (including phenoxy) is 1. The highest BCUT2D eigenvalue weighted by Gasteiger charge is 2.32. The number of benzene rings is 1. The number of aliphatic hydroxyl groups is 1. The summed E-state index contributed by atoms with van der Waals surface area (Å²) >= 11 is 0. The lowest BCUT2D eigenvalue weighted by Gasteiger charge is -2.37. The van der Waals surface area contributed by atoms with Crippen LogP contribution in [0.5, 0.6) is 0 Å². The Bertz CT molecular complexity index is 545. The highest BCUT2D eigenvalue weighted by atomic mass is 16.5. The smallest absolute Gasteiger partial charge is 0.126 e. The van der Waals surface area contributed by atoms with Crippen LogP contribution in [0.25, 0.3) is 0 Å². The quantitative estimate of drug-likeness (QED) is 0.830. The molecule has 1 aliphatic heterocycles. The van der Waals surface area contributed by atoms with Gasteiger partial charge in [0.2, 0.25) is 0 Å². The van der Waals surface area contributed by atoms with Gasteiger partial charge >= 0.3 is 0 Å². The molecule has 2 aliphatic rings. The second-order valence-electron chi connectivity index (χ2n) is 8.75. The van der Waals surface area contributed by atoms with Gasteiger partial charge in [0.25, 0.3) is 0 Å². The van der Waals surface area contributed by atoms with E-state index in [4.69, 9.17) is 4.74 Å². The first-order valence-corrected chi connectivity index (χ1v) is 10.2. The first-order valence-electron chi connectivity index (χ1n) is 10.2. The molecular formula is C22H36NO2+. The molecule has 1 aliphatic carbocycles. The molecule has 0 bridgehead atoms. The standard InChI is InChI=1S/C22H35NO2/c1-16(2)21-9-8-17(3)12-22(21)25-15-20(24)14-23-11-10-18-6-4-5-7-19(18)13-23/h4-7,16-17,20-22,24H,8-15H2,1-3H3/p+1/t17-,20-,21-,22-/m1/s1. The predicted molar refractivity (Wildman–Crippen MR) is 102 cm³/mol. The monoisotopic (exact) mass is 346 g/mol. The largest absolute Gasteiger partial charge is 0.385 e. The zero-order chi connectivity index (χ0) is 17.8. The molecule has 3 heteroatoms. The number of fused-ring (bicyclic) bond motifs is 1. The maximum Gasteiger partial charge on any atom is 0.126 e. The molecule has 0 saturated heterocycles. The van der Waals surface area contributed by atoms with Gasteiger partial charge in [-0.05, 0) is 36.2 Å². The van der Waals surface area contributed by atoms with Crippen LogP contribution in [0, 0.1) is 17.8 Å². The number of hydrogen-bond acceptors (Lipinski definition) is 2.